The summed E-state index contributed by atoms with van der Waals surface area (Å²) in [6.45, 7) is 3.97. The van der Waals surface area contributed by atoms with E-state index >= 15 is 0 Å². The molecule has 4 rings (SSSR count). The van der Waals surface area contributed by atoms with E-state index in [0.717, 1.165) is 30.5 Å². The molecule has 9 heteroatoms. The summed E-state index contributed by atoms with van der Waals surface area (Å²) < 4.78 is 0. The molecular weight excluding hydrogens is 370 g/mol. The Balaban J connectivity index is 1.54. The van der Waals surface area contributed by atoms with E-state index in [2.05, 4.69) is 25.6 Å². The number of nitrogen functional groups attached to an aromatic ring is 1. The third-order valence-corrected chi connectivity index (χ3v) is 5.81. The maximum Gasteiger partial charge on any atom is 0.325 e. The number of anilines is 3. The number of imide groups is 1. The van der Waals surface area contributed by atoms with Gasteiger partial charge in [-0.15, -0.1) is 0 Å². The van der Waals surface area contributed by atoms with Crippen LogP contribution in [-0.4, -0.2) is 37.3 Å². The molecule has 1 saturated heterocycles. The zero-order valence-corrected chi connectivity index (χ0v) is 16.6. The lowest BCUT2D eigenvalue weighted by atomic mass is 9.73. The Morgan fingerprint density at radius 2 is 1.97 bits per heavy atom. The van der Waals surface area contributed by atoms with E-state index in [1.807, 2.05) is 38.1 Å². The van der Waals surface area contributed by atoms with Gasteiger partial charge < -0.3 is 16.4 Å². The van der Waals surface area contributed by atoms with Gasteiger partial charge in [0.05, 0.1) is 6.54 Å². The van der Waals surface area contributed by atoms with E-state index in [-0.39, 0.29) is 36.1 Å². The first kappa shape index (κ1) is 19.1. The number of carbonyl (C=O) groups excluding carboxylic acids is 2. The van der Waals surface area contributed by atoms with Crippen molar-refractivity contribution < 1.29 is 9.59 Å². The lowest BCUT2D eigenvalue weighted by molar-refractivity contribution is -0.134. The molecule has 4 N–H and O–H groups in total. The smallest absolute Gasteiger partial charge is 0.325 e. The first-order valence-corrected chi connectivity index (χ1v) is 9.85. The van der Waals surface area contributed by atoms with E-state index < -0.39 is 11.6 Å². The summed E-state index contributed by atoms with van der Waals surface area (Å²) in [6, 6.07) is 7.33. The van der Waals surface area contributed by atoms with Crippen LogP contribution in [0.3, 0.4) is 0 Å². The van der Waals surface area contributed by atoms with Gasteiger partial charge >= 0.3 is 6.03 Å². The number of hydrogen-bond acceptors (Lipinski definition) is 7. The second-order valence-electron chi connectivity index (χ2n) is 7.86. The number of hydrogen-bond donors (Lipinski definition) is 3. The summed E-state index contributed by atoms with van der Waals surface area (Å²) in [5, 5.41) is 6.01. The first-order valence-electron chi connectivity index (χ1n) is 9.85. The molecule has 1 aliphatic carbocycles. The van der Waals surface area contributed by atoms with Gasteiger partial charge in [0.25, 0.3) is 5.91 Å². The van der Waals surface area contributed by atoms with E-state index in [4.69, 9.17) is 5.73 Å². The number of nitrogens with two attached hydrogens (primary N) is 1. The van der Waals surface area contributed by atoms with Gasteiger partial charge in [0.1, 0.15) is 5.54 Å². The molecule has 0 unspecified atom stereocenters. The summed E-state index contributed by atoms with van der Waals surface area (Å²) in [4.78, 5) is 39.5. The number of nitrogens with one attached hydrogen (secondary N) is 2. The molecule has 2 atom stereocenters. The fraction of sp³-hybridized carbons (Fsp3) is 0.450. The highest BCUT2D eigenvalue weighted by atomic mass is 16.2. The molecule has 2 aliphatic rings. The number of benzene rings is 1. The predicted molar refractivity (Wildman–Crippen MR) is 108 cm³/mol. The molecule has 1 aromatic heterocycles. The predicted octanol–water partition coefficient (Wildman–Crippen LogP) is 2.51. The summed E-state index contributed by atoms with van der Waals surface area (Å²) in [7, 11) is 0. The van der Waals surface area contributed by atoms with Crippen molar-refractivity contribution in [2.45, 2.75) is 51.6 Å². The second kappa shape index (κ2) is 7.31. The topological polar surface area (TPSA) is 126 Å². The molecule has 29 heavy (non-hydrogen) atoms. The molecule has 1 aliphatic heterocycles. The second-order valence-corrected chi connectivity index (χ2v) is 7.86. The number of aryl methyl sites for hydroxylation is 1. The van der Waals surface area contributed by atoms with Crippen molar-refractivity contribution in [1.82, 2.24) is 25.2 Å². The lowest BCUT2D eigenvalue weighted by Gasteiger charge is -2.36. The van der Waals surface area contributed by atoms with E-state index in [1.54, 1.807) is 0 Å². The van der Waals surface area contributed by atoms with Crippen molar-refractivity contribution >= 4 is 29.5 Å². The van der Waals surface area contributed by atoms with Crippen LogP contribution in [0.4, 0.5) is 22.4 Å². The number of nitrogens with zero attached hydrogens (tertiary/aromatic N) is 4. The molecule has 3 amide bonds. The number of aromatic nitrogens is 3. The highest BCUT2D eigenvalue weighted by Crippen LogP contribution is 2.38. The molecule has 9 nitrogen and oxygen atoms in total. The summed E-state index contributed by atoms with van der Waals surface area (Å²) in [6.07, 6.45) is 3.58. The maximum atomic E-state index is 13.1. The zero-order chi connectivity index (χ0) is 20.6. The Morgan fingerprint density at radius 3 is 2.69 bits per heavy atom. The molecule has 1 aromatic carbocycles. The van der Waals surface area contributed by atoms with Crippen molar-refractivity contribution in [1.29, 1.82) is 0 Å². The van der Waals surface area contributed by atoms with Crippen LogP contribution in [0.15, 0.2) is 24.3 Å². The zero-order valence-electron chi connectivity index (χ0n) is 16.6. The number of rotatable bonds is 4. The van der Waals surface area contributed by atoms with Crippen LogP contribution in [0.1, 0.15) is 44.0 Å². The highest BCUT2D eigenvalue weighted by Gasteiger charge is 2.54. The molecule has 2 aromatic rings. The van der Waals surface area contributed by atoms with E-state index in [9.17, 15) is 9.59 Å². The quantitative estimate of drug-likeness (QED) is 0.679. The van der Waals surface area contributed by atoms with E-state index in [1.165, 1.54) is 4.90 Å². The summed E-state index contributed by atoms with van der Waals surface area (Å²) >= 11 is 0. The summed E-state index contributed by atoms with van der Waals surface area (Å²) in [5.74, 6) is 0.444. The van der Waals surface area contributed by atoms with Gasteiger partial charge in [-0.1, -0.05) is 37.5 Å². The third-order valence-electron chi connectivity index (χ3n) is 5.81. The summed E-state index contributed by atoms with van der Waals surface area (Å²) in [5.41, 5.74) is 6.96. The fourth-order valence-corrected chi connectivity index (χ4v) is 4.11. The Labute approximate surface area is 169 Å². The van der Waals surface area contributed by atoms with Crippen LogP contribution >= 0.6 is 0 Å². The van der Waals surface area contributed by atoms with Crippen molar-refractivity contribution in [3.05, 3.63) is 35.7 Å². The molecule has 0 bridgehead atoms. The molecule has 1 spiro atoms. The molecule has 2 fully saturated rings. The molecule has 2 heterocycles. The fourth-order valence-electron chi connectivity index (χ4n) is 4.11. The lowest BCUT2D eigenvalue weighted by Crippen LogP contribution is -2.53. The van der Waals surface area contributed by atoms with Gasteiger partial charge in [-0.25, -0.2) is 4.79 Å². The molecule has 0 radical (unpaired) electrons. The van der Waals surface area contributed by atoms with Crippen LogP contribution in [0.25, 0.3) is 0 Å². The minimum atomic E-state index is -0.809. The molecule has 152 valence electrons. The van der Waals surface area contributed by atoms with Gasteiger partial charge in [0, 0.05) is 5.69 Å². The van der Waals surface area contributed by atoms with Gasteiger partial charge in [0.15, 0.2) is 5.82 Å². The highest BCUT2D eigenvalue weighted by molar-refractivity contribution is 6.07. The van der Waals surface area contributed by atoms with E-state index in [0.29, 0.717) is 6.42 Å². The molecular formula is C20H25N7O2. The monoisotopic (exact) mass is 395 g/mol. The van der Waals surface area contributed by atoms with Gasteiger partial charge in [-0.3, -0.25) is 9.69 Å². The first-order chi connectivity index (χ1) is 13.9. The Hall–Kier alpha value is -3.23. The van der Waals surface area contributed by atoms with Crippen LogP contribution in [0.5, 0.6) is 0 Å². The Bertz CT molecular complexity index is 946. The minimum absolute atomic E-state index is 0.0254. The van der Waals surface area contributed by atoms with Gasteiger partial charge in [-0.2, -0.15) is 15.0 Å². The number of amides is 3. The van der Waals surface area contributed by atoms with Crippen LogP contribution in [0, 0.1) is 12.8 Å². The third kappa shape index (κ3) is 3.59. The number of carbonyl (C=O) groups is 2. The maximum absolute atomic E-state index is 13.1. The largest absolute Gasteiger partial charge is 0.368 e. The average Bonchev–Trinajstić information content (AvgIpc) is 2.91. The van der Waals surface area contributed by atoms with Crippen LogP contribution in [-0.2, 0) is 11.3 Å². The van der Waals surface area contributed by atoms with Crippen LogP contribution < -0.4 is 16.4 Å². The van der Waals surface area contributed by atoms with Gasteiger partial charge in [0.2, 0.25) is 11.9 Å². The number of urea groups is 1. The standard InChI is InChI=1S/C20H25N7O2/c1-12-6-8-14(9-7-12)22-18-24-15(23-17(21)25-18)11-27-16(28)20(26-19(27)29)10-4-3-5-13(20)2/h6-9,13H,3-5,10-11H2,1-2H3,(H,26,29)(H3,21,22,23,24,25)/t13-,20-/m0/s1. The van der Waals surface area contributed by atoms with Crippen molar-refractivity contribution in [3.8, 4) is 0 Å². The molecule has 1 saturated carbocycles. The van der Waals surface area contributed by atoms with Crippen molar-refractivity contribution in [3.63, 3.8) is 0 Å². The SMILES string of the molecule is Cc1ccc(Nc2nc(N)nc(CN3C(=O)N[C@]4(CCCC[C@@H]4C)C3=O)n2)cc1. The Kier molecular flexibility index (Phi) is 4.81. The Morgan fingerprint density at radius 1 is 1.21 bits per heavy atom. The average molecular weight is 395 g/mol. The van der Waals surface area contributed by atoms with Gasteiger partial charge in [-0.05, 0) is 37.8 Å². The van der Waals surface area contributed by atoms with Crippen LogP contribution in [0.2, 0.25) is 0 Å². The minimum Gasteiger partial charge on any atom is -0.368 e. The van der Waals surface area contributed by atoms with Crippen molar-refractivity contribution in [2.75, 3.05) is 11.1 Å². The van der Waals surface area contributed by atoms with Crippen molar-refractivity contribution in [2.24, 2.45) is 5.92 Å². The normalized spacial score (nSPS) is 24.1.